The van der Waals surface area contributed by atoms with E-state index in [1.807, 2.05) is 20.0 Å². The number of hydrogen-bond donors (Lipinski definition) is 1. The molecular weight excluding hydrogens is 200 g/mol. The van der Waals surface area contributed by atoms with Gasteiger partial charge < -0.3 is 10.5 Å². The zero-order valence-electron chi connectivity index (χ0n) is 10.3. The van der Waals surface area contributed by atoms with Gasteiger partial charge in [0, 0.05) is 23.7 Å². The molecule has 0 spiro atoms. The molecule has 0 aliphatic rings. The van der Waals surface area contributed by atoms with Crippen molar-refractivity contribution in [3.05, 3.63) is 35.2 Å². The first-order valence-corrected chi connectivity index (χ1v) is 5.54. The van der Waals surface area contributed by atoms with Crippen LogP contribution in [0.1, 0.15) is 23.2 Å². The molecular formula is C13H20N2O. The van der Waals surface area contributed by atoms with Crippen LogP contribution in [0.4, 0.5) is 0 Å². The van der Waals surface area contributed by atoms with Gasteiger partial charge in [-0.15, -0.1) is 0 Å². The fraction of sp³-hybridized carbons (Fsp3) is 0.462. The Morgan fingerprint density at radius 1 is 1.38 bits per heavy atom. The van der Waals surface area contributed by atoms with Gasteiger partial charge in [-0.1, -0.05) is 12.2 Å². The van der Waals surface area contributed by atoms with Gasteiger partial charge in [-0.05, 0) is 26.8 Å². The number of aryl methyl sites for hydroxylation is 1. The summed E-state index contributed by atoms with van der Waals surface area (Å²) in [5.41, 5.74) is 8.69. The van der Waals surface area contributed by atoms with E-state index < -0.39 is 0 Å². The van der Waals surface area contributed by atoms with Gasteiger partial charge in [-0.2, -0.15) is 0 Å². The molecule has 1 rings (SSSR count). The average molecular weight is 220 g/mol. The van der Waals surface area contributed by atoms with Crippen molar-refractivity contribution in [1.29, 1.82) is 0 Å². The fourth-order valence-corrected chi connectivity index (χ4v) is 1.69. The smallest absolute Gasteiger partial charge is 0.128 e. The van der Waals surface area contributed by atoms with Crippen LogP contribution in [0, 0.1) is 13.8 Å². The third-order valence-corrected chi connectivity index (χ3v) is 2.56. The topological polar surface area (TPSA) is 48.1 Å². The molecule has 1 heterocycles. The standard InChI is InChI=1S/C13H20N2O/c1-10-9-15-12(7-5-4-6-8-14)11(2)13(10)16-3/h4-5,9H,6-8,14H2,1-3H3. The van der Waals surface area contributed by atoms with Crippen molar-refractivity contribution in [3.8, 4) is 5.75 Å². The van der Waals surface area contributed by atoms with E-state index in [4.69, 9.17) is 10.5 Å². The van der Waals surface area contributed by atoms with Gasteiger partial charge in [0.1, 0.15) is 5.75 Å². The first-order valence-electron chi connectivity index (χ1n) is 5.54. The third-order valence-electron chi connectivity index (χ3n) is 2.56. The van der Waals surface area contributed by atoms with Gasteiger partial charge in [0.2, 0.25) is 0 Å². The zero-order chi connectivity index (χ0) is 12.0. The quantitative estimate of drug-likeness (QED) is 0.773. The Hall–Kier alpha value is -1.35. The number of rotatable bonds is 5. The highest BCUT2D eigenvalue weighted by molar-refractivity contribution is 5.41. The maximum absolute atomic E-state index is 5.42. The predicted octanol–water partition coefficient (Wildman–Crippen LogP) is 2.15. The van der Waals surface area contributed by atoms with Crippen LogP contribution in [0.3, 0.4) is 0 Å². The lowest BCUT2D eigenvalue weighted by Gasteiger charge is -2.10. The van der Waals surface area contributed by atoms with Crippen LogP contribution < -0.4 is 10.5 Å². The van der Waals surface area contributed by atoms with E-state index >= 15 is 0 Å². The van der Waals surface area contributed by atoms with Crippen LogP contribution in [0.5, 0.6) is 5.75 Å². The minimum Gasteiger partial charge on any atom is -0.496 e. The molecule has 0 aliphatic carbocycles. The zero-order valence-corrected chi connectivity index (χ0v) is 10.3. The van der Waals surface area contributed by atoms with Crippen molar-refractivity contribution in [2.24, 2.45) is 5.73 Å². The minimum absolute atomic E-state index is 0.695. The molecule has 0 bridgehead atoms. The van der Waals surface area contributed by atoms with Crippen LogP contribution in [-0.2, 0) is 6.42 Å². The maximum atomic E-state index is 5.42. The minimum atomic E-state index is 0.695. The first kappa shape index (κ1) is 12.7. The molecule has 3 nitrogen and oxygen atoms in total. The van der Waals surface area contributed by atoms with Crippen molar-refractivity contribution in [1.82, 2.24) is 4.98 Å². The molecule has 0 fully saturated rings. The van der Waals surface area contributed by atoms with Gasteiger partial charge in [-0.3, -0.25) is 4.98 Å². The second-order valence-electron chi connectivity index (χ2n) is 3.80. The Morgan fingerprint density at radius 2 is 2.12 bits per heavy atom. The normalized spacial score (nSPS) is 11.0. The number of methoxy groups -OCH3 is 1. The monoisotopic (exact) mass is 220 g/mol. The van der Waals surface area contributed by atoms with E-state index in [1.165, 1.54) is 0 Å². The van der Waals surface area contributed by atoms with E-state index in [1.54, 1.807) is 7.11 Å². The predicted molar refractivity (Wildman–Crippen MR) is 66.8 cm³/mol. The average Bonchev–Trinajstić information content (AvgIpc) is 2.28. The number of pyridine rings is 1. The largest absolute Gasteiger partial charge is 0.496 e. The maximum Gasteiger partial charge on any atom is 0.128 e. The van der Waals surface area contributed by atoms with Gasteiger partial charge in [0.05, 0.1) is 12.8 Å². The fourth-order valence-electron chi connectivity index (χ4n) is 1.69. The Kier molecular flexibility index (Phi) is 4.99. The van der Waals surface area contributed by atoms with Crippen LogP contribution in [-0.4, -0.2) is 18.6 Å². The Labute approximate surface area is 97.3 Å². The lowest BCUT2D eigenvalue weighted by atomic mass is 10.1. The molecule has 0 unspecified atom stereocenters. The highest BCUT2D eigenvalue weighted by atomic mass is 16.5. The number of allylic oxidation sites excluding steroid dienone is 1. The van der Waals surface area contributed by atoms with E-state index in [0.717, 1.165) is 35.4 Å². The highest BCUT2D eigenvalue weighted by Crippen LogP contribution is 2.24. The lowest BCUT2D eigenvalue weighted by Crippen LogP contribution is -1.99. The first-order chi connectivity index (χ1) is 7.70. The summed E-state index contributed by atoms with van der Waals surface area (Å²) >= 11 is 0. The Balaban J connectivity index is 2.81. The van der Waals surface area contributed by atoms with Gasteiger partial charge in [0.25, 0.3) is 0 Å². The van der Waals surface area contributed by atoms with Gasteiger partial charge in [0.15, 0.2) is 0 Å². The van der Waals surface area contributed by atoms with Crippen LogP contribution in [0.2, 0.25) is 0 Å². The van der Waals surface area contributed by atoms with Crippen molar-refractivity contribution in [2.75, 3.05) is 13.7 Å². The van der Waals surface area contributed by atoms with Gasteiger partial charge in [-0.25, -0.2) is 0 Å². The van der Waals surface area contributed by atoms with Crippen LogP contribution >= 0.6 is 0 Å². The van der Waals surface area contributed by atoms with Crippen molar-refractivity contribution < 1.29 is 4.74 Å². The van der Waals surface area contributed by atoms with E-state index in [9.17, 15) is 0 Å². The molecule has 1 aromatic rings. The number of nitrogens with zero attached hydrogens (tertiary/aromatic N) is 1. The SMILES string of the molecule is COc1c(C)cnc(CC=CCCN)c1C. The summed E-state index contributed by atoms with van der Waals surface area (Å²) in [7, 11) is 1.70. The summed E-state index contributed by atoms with van der Waals surface area (Å²) in [6.07, 6.45) is 7.81. The van der Waals surface area contributed by atoms with Crippen molar-refractivity contribution in [2.45, 2.75) is 26.7 Å². The molecule has 2 N–H and O–H groups in total. The lowest BCUT2D eigenvalue weighted by molar-refractivity contribution is 0.407. The van der Waals surface area contributed by atoms with E-state index in [-0.39, 0.29) is 0 Å². The summed E-state index contributed by atoms with van der Waals surface area (Å²) in [4.78, 5) is 4.42. The summed E-state index contributed by atoms with van der Waals surface area (Å²) in [5, 5.41) is 0. The summed E-state index contributed by atoms with van der Waals surface area (Å²) in [6, 6.07) is 0. The van der Waals surface area contributed by atoms with Crippen molar-refractivity contribution >= 4 is 0 Å². The Morgan fingerprint density at radius 3 is 2.75 bits per heavy atom. The Bertz CT molecular complexity index is 372. The number of nitrogens with two attached hydrogens (primary N) is 1. The number of aromatic nitrogens is 1. The van der Waals surface area contributed by atoms with E-state index in [2.05, 4.69) is 17.1 Å². The molecule has 0 saturated carbocycles. The summed E-state index contributed by atoms with van der Waals surface area (Å²) in [6.45, 7) is 4.75. The number of hydrogen-bond acceptors (Lipinski definition) is 3. The highest BCUT2D eigenvalue weighted by Gasteiger charge is 2.07. The molecule has 0 aliphatic heterocycles. The molecule has 0 saturated heterocycles. The van der Waals surface area contributed by atoms with Crippen LogP contribution in [0.15, 0.2) is 18.3 Å². The second kappa shape index (κ2) is 6.28. The van der Waals surface area contributed by atoms with Crippen LogP contribution in [0.25, 0.3) is 0 Å². The molecule has 0 amide bonds. The third kappa shape index (κ3) is 3.07. The molecule has 1 aromatic heterocycles. The molecule has 0 aromatic carbocycles. The summed E-state index contributed by atoms with van der Waals surface area (Å²) < 4.78 is 5.36. The van der Waals surface area contributed by atoms with E-state index in [0.29, 0.717) is 6.54 Å². The van der Waals surface area contributed by atoms with Crippen molar-refractivity contribution in [3.63, 3.8) is 0 Å². The molecule has 0 atom stereocenters. The molecule has 88 valence electrons. The molecule has 3 heteroatoms. The second-order valence-corrected chi connectivity index (χ2v) is 3.80. The summed E-state index contributed by atoms with van der Waals surface area (Å²) in [5.74, 6) is 0.942. The molecule has 0 radical (unpaired) electrons. The van der Waals surface area contributed by atoms with Gasteiger partial charge >= 0.3 is 0 Å². The number of ether oxygens (including phenoxy) is 1. The molecule has 16 heavy (non-hydrogen) atoms.